The zero-order valence-corrected chi connectivity index (χ0v) is 15.4. The molecule has 1 fully saturated rings. The zero-order valence-electron chi connectivity index (χ0n) is 15.4. The first kappa shape index (κ1) is 18.5. The third-order valence-electron chi connectivity index (χ3n) is 4.73. The van der Waals surface area contributed by atoms with Gasteiger partial charge in [0.15, 0.2) is 0 Å². The Bertz CT molecular complexity index is 696. The molecule has 4 heteroatoms. The van der Waals surface area contributed by atoms with Crippen LogP contribution in [0.25, 0.3) is 0 Å². The van der Waals surface area contributed by atoms with Gasteiger partial charge in [0.2, 0.25) is 5.91 Å². The van der Waals surface area contributed by atoms with E-state index in [1.54, 1.807) is 4.90 Å². The summed E-state index contributed by atoms with van der Waals surface area (Å²) in [7, 11) is 1.85. The predicted octanol–water partition coefficient (Wildman–Crippen LogP) is 3.84. The standard InChI is InChI=1S/C22H27NO3/c1-23(16-20-12-7-8-14-25-20)22(24)15-19-11-5-6-13-21(19)26-17-18-9-3-2-4-10-18/h2-6,9-11,13,20H,7-8,12,14-17H2,1H3. The molecule has 0 aromatic heterocycles. The van der Waals surface area contributed by atoms with E-state index in [2.05, 4.69) is 0 Å². The summed E-state index contributed by atoms with van der Waals surface area (Å²) < 4.78 is 11.7. The Morgan fingerprint density at radius 3 is 2.65 bits per heavy atom. The molecule has 1 atom stereocenters. The van der Waals surface area contributed by atoms with Gasteiger partial charge in [-0.3, -0.25) is 4.79 Å². The van der Waals surface area contributed by atoms with E-state index in [-0.39, 0.29) is 12.0 Å². The van der Waals surface area contributed by atoms with Crippen molar-refractivity contribution in [2.45, 2.75) is 38.4 Å². The molecule has 0 saturated carbocycles. The molecule has 0 aliphatic carbocycles. The average Bonchev–Trinajstić information content (AvgIpc) is 2.69. The highest BCUT2D eigenvalue weighted by Crippen LogP contribution is 2.21. The lowest BCUT2D eigenvalue weighted by molar-refractivity contribution is -0.131. The summed E-state index contributed by atoms with van der Waals surface area (Å²) in [5, 5.41) is 0. The summed E-state index contributed by atoms with van der Waals surface area (Å²) in [6.45, 7) is 1.96. The SMILES string of the molecule is CN(CC1CCCCO1)C(=O)Cc1ccccc1OCc1ccccc1. The largest absolute Gasteiger partial charge is 0.489 e. The Morgan fingerprint density at radius 1 is 1.12 bits per heavy atom. The fourth-order valence-corrected chi connectivity index (χ4v) is 3.18. The third-order valence-corrected chi connectivity index (χ3v) is 4.73. The maximum atomic E-state index is 12.6. The van der Waals surface area contributed by atoms with Crippen molar-refractivity contribution in [1.29, 1.82) is 0 Å². The van der Waals surface area contributed by atoms with E-state index in [0.29, 0.717) is 19.6 Å². The van der Waals surface area contributed by atoms with Crippen LogP contribution in [0.3, 0.4) is 0 Å². The summed E-state index contributed by atoms with van der Waals surface area (Å²) in [4.78, 5) is 14.4. The van der Waals surface area contributed by atoms with Gasteiger partial charge in [0.05, 0.1) is 12.5 Å². The molecule has 3 rings (SSSR count). The number of nitrogens with zero attached hydrogens (tertiary/aromatic N) is 1. The molecule has 4 nitrogen and oxygen atoms in total. The number of carbonyl (C=O) groups excluding carboxylic acids is 1. The van der Waals surface area contributed by atoms with Crippen molar-refractivity contribution in [3.8, 4) is 5.75 Å². The van der Waals surface area contributed by atoms with E-state index in [0.717, 1.165) is 36.3 Å². The van der Waals surface area contributed by atoms with Crippen LogP contribution in [0.5, 0.6) is 5.75 Å². The highest BCUT2D eigenvalue weighted by molar-refractivity contribution is 5.79. The molecular weight excluding hydrogens is 326 g/mol. The number of carbonyl (C=O) groups is 1. The molecule has 1 aliphatic heterocycles. The number of benzene rings is 2. The Balaban J connectivity index is 1.57. The van der Waals surface area contributed by atoms with Crippen LogP contribution in [0.2, 0.25) is 0 Å². The van der Waals surface area contributed by atoms with E-state index >= 15 is 0 Å². The van der Waals surface area contributed by atoms with Crippen LogP contribution in [-0.4, -0.2) is 37.1 Å². The van der Waals surface area contributed by atoms with Crippen molar-refractivity contribution in [1.82, 2.24) is 4.90 Å². The Hall–Kier alpha value is -2.33. The molecule has 1 saturated heterocycles. The molecular formula is C22H27NO3. The minimum atomic E-state index is 0.0925. The Morgan fingerprint density at radius 2 is 1.88 bits per heavy atom. The maximum absolute atomic E-state index is 12.6. The minimum Gasteiger partial charge on any atom is -0.489 e. The summed E-state index contributed by atoms with van der Waals surface area (Å²) in [6.07, 6.45) is 3.86. The number of hydrogen-bond acceptors (Lipinski definition) is 3. The van der Waals surface area contributed by atoms with Crippen molar-refractivity contribution in [3.63, 3.8) is 0 Å². The lowest BCUT2D eigenvalue weighted by atomic mass is 10.1. The second kappa shape index (κ2) is 9.39. The summed E-state index contributed by atoms with van der Waals surface area (Å²) in [5.41, 5.74) is 2.03. The number of rotatable bonds is 7. The van der Waals surface area contributed by atoms with E-state index < -0.39 is 0 Å². The first-order valence-corrected chi connectivity index (χ1v) is 9.32. The highest BCUT2D eigenvalue weighted by atomic mass is 16.5. The highest BCUT2D eigenvalue weighted by Gasteiger charge is 2.19. The molecule has 2 aromatic carbocycles. The molecule has 2 aromatic rings. The summed E-state index contributed by atoms with van der Waals surface area (Å²) in [5.74, 6) is 0.863. The van der Waals surface area contributed by atoms with E-state index in [1.165, 1.54) is 6.42 Å². The molecule has 0 radical (unpaired) electrons. The first-order chi connectivity index (χ1) is 12.7. The van der Waals surface area contributed by atoms with Crippen LogP contribution < -0.4 is 4.74 Å². The fourth-order valence-electron chi connectivity index (χ4n) is 3.18. The second-order valence-electron chi connectivity index (χ2n) is 6.82. The number of para-hydroxylation sites is 1. The van der Waals surface area contributed by atoms with E-state index in [9.17, 15) is 4.79 Å². The quantitative estimate of drug-likeness (QED) is 0.759. The van der Waals surface area contributed by atoms with E-state index in [4.69, 9.17) is 9.47 Å². The van der Waals surface area contributed by atoms with Crippen molar-refractivity contribution in [2.24, 2.45) is 0 Å². The zero-order chi connectivity index (χ0) is 18.2. The normalized spacial score (nSPS) is 16.9. The van der Waals surface area contributed by atoms with Gasteiger partial charge >= 0.3 is 0 Å². The maximum Gasteiger partial charge on any atom is 0.226 e. The summed E-state index contributed by atoms with van der Waals surface area (Å²) in [6, 6.07) is 17.8. The van der Waals surface area contributed by atoms with Crippen molar-refractivity contribution < 1.29 is 14.3 Å². The predicted molar refractivity (Wildman–Crippen MR) is 102 cm³/mol. The van der Waals surface area contributed by atoms with Crippen molar-refractivity contribution >= 4 is 5.91 Å². The monoisotopic (exact) mass is 353 g/mol. The molecule has 138 valence electrons. The topological polar surface area (TPSA) is 38.8 Å². The van der Waals surface area contributed by atoms with Crippen molar-refractivity contribution in [3.05, 3.63) is 65.7 Å². The average molecular weight is 353 g/mol. The van der Waals surface area contributed by atoms with Gasteiger partial charge in [0, 0.05) is 25.8 Å². The van der Waals surface area contributed by atoms with Gasteiger partial charge in [-0.25, -0.2) is 0 Å². The lowest BCUT2D eigenvalue weighted by Crippen LogP contribution is -2.37. The Labute approximate surface area is 155 Å². The Kier molecular flexibility index (Phi) is 6.67. The number of hydrogen-bond donors (Lipinski definition) is 0. The van der Waals surface area contributed by atoms with Gasteiger partial charge < -0.3 is 14.4 Å². The first-order valence-electron chi connectivity index (χ1n) is 9.32. The second-order valence-corrected chi connectivity index (χ2v) is 6.82. The molecule has 26 heavy (non-hydrogen) atoms. The molecule has 1 unspecified atom stereocenters. The smallest absolute Gasteiger partial charge is 0.226 e. The van der Waals surface area contributed by atoms with Crippen LogP contribution in [-0.2, 0) is 22.6 Å². The van der Waals surface area contributed by atoms with Gasteiger partial charge in [0.1, 0.15) is 12.4 Å². The van der Waals surface area contributed by atoms with Crippen LogP contribution in [0.4, 0.5) is 0 Å². The van der Waals surface area contributed by atoms with Gasteiger partial charge in [-0.05, 0) is 30.9 Å². The molecule has 0 spiro atoms. The minimum absolute atomic E-state index is 0.0925. The van der Waals surface area contributed by atoms with Gasteiger partial charge in [0.25, 0.3) is 0 Å². The lowest BCUT2D eigenvalue weighted by Gasteiger charge is -2.27. The number of ether oxygens (including phenoxy) is 2. The molecule has 1 heterocycles. The van der Waals surface area contributed by atoms with Crippen LogP contribution in [0.15, 0.2) is 54.6 Å². The molecule has 1 amide bonds. The third kappa shape index (κ3) is 5.33. The van der Waals surface area contributed by atoms with Gasteiger partial charge in [-0.15, -0.1) is 0 Å². The number of likely N-dealkylation sites (N-methyl/N-ethyl adjacent to an activating group) is 1. The summed E-state index contributed by atoms with van der Waals surface area (Å²) >= 11 is 0. The fraction of sp³-hybridized carbons (Fsp3) is 0.409. The molecule has 0 bridgehead atoms. The van der Waals surface area contributed by atoms with Gasteiger partial charge in [-0.1, -0.05) is 48.5 Å². The van der Waals surface area contributed by atoms with Crippen LogP contribution in [0, 0.1) is 0 Å². The van der Waals surface area contributed by atoms with Crippen LogP contribution in [0.1, 0.15) is 30.4 Å². The number of amides is 1. The van der Waals surface area contributed by atoms with Crippen LogP contribution >= 0.6 is 0 Å². The molecule has 0 N–H and O–H groups in total. The molecule has 1 aliphatic rings. The van der Waals surface area contributed by atoms with Crippen molar-refractivity contribution in [2.75, 3.05) is 20.2 Å². The van der Waals surface area contributed by atoms with Gasteiger partial charge in [-0.2, -0.15) is 0 Å². The van der Waals surface area contributed by atoms with E-state index in [1.807, 2.05) is 61.6 Å².